The molecule has 0 radical (unpaired) electrons. The molecule has 342 valence electrons. The van der Waals surface area contributed by atoms with Gasteiger partial charge in [0.25, 0.3) is 0 Å². The highest BCUT2D eigenvalue weighted by Crippen LogP contribution is 2.36. The van der Waals surface area contributed by atoms with E-state index in [1.165, 1.54) is 51.4 Å². The van der Waals surface area contributed by atoms with Crippen molar-refractivity contribution < 1.29 is 37.9 Å². The molecule has 0 bridgehead atoms. The Kier molecular flexibility index (Phi) is 43.2. The zero-order chi connectivity index (χ0) is 43.9. The minimum absolute atomic E-state index is 0.195. The Hall–Kier alpha value is -3.03. The molecular formula is C51H85O8P. The third-order valence-corrected chi connectivity index (χ3v) is 10.1. The van der Waals surface area contributed by atoms with Gasteiger partial charge in [0.2, 0.25) is 0 Å². The maximum atomic E-state index is 12.5. The van der Waals surface area contributed by atoms with Crippen molar-refractivity contribution in [3.63, 3.8) is 0 Å². The van der Waals surface area contributed by atoms with Crippen LogP contribution in [0.4, 0.5) is 0 Å². The van der Waals surface area contributed by atoms with Gasteiger partial charge in [0.05, 0.1) is 6.61 Å². The smallest absolute Gasteiger partial charge is 0.462 e. The van der Waals surface area contributed by atoms with E-state index in [0.717, 1.165) is 103 Å². The van der Waals surface area contributed by atoms with Gasteiger partial charge in [0, 0.05) is 12.8 Å². The second kappa shape index (κ2) is 45.5. The number of rotatable bonds is 42. The number of phosphoric acid groups is 1. The Morgan fingerprint density at radius 1 is 0.433 bits per heavy atom. The molecule has 1 atom stereocenters. The molecule has 1 unspecified atom stereocenters. The molecule has 0 amide bonds. The SMILES string of the molecule is CC/C=C\C/C=C\C/C=C\C/C=C\CCCCCCCCCCC(=O)OCC(COP(=O)(O)O)OC(=O)CCCCCCCCCC/C=C\C/C=C\C/C=C\C/C=C\CC. The molecular weight excluding hydrogens is 772 g/mol. The number of allylic oxidation sites excluding steroid dienone is 16. The summed E-state index contributed by atoms with van der Waals surface area (Å²) in [5.74, 6) is -0.909. The van der Waals surface area contributed by atoms with Gasteiger partial charge >= 0.3 is 19.8 Å². The van der Waals surface area contributed by atoms with Crippen LogP contribution in [0.15, 0.2) is 97.2 Å². The third kappa shape index (κ3) is 47.6. The van der Waals surface area contributed by atoms with Crippen LogP contribution in [0.3, 0.4) is 0 Å². The molecule has 0 heterocycles. The lowest BCUT2D eigenvalue weighted by Crippen LogP contribution is -2.29. The lowest BCUT2D eigenvalue weighted by molar-refractivity contribution is -0.161. The molecule has 0 aliphatic rings. The van der Waals surface area contributed by atoms with Crippen LogP contribution in [0, 0.1) is 0 Å². The molecule has 0 spiro atoms. The number of carbonyl (C=O) groups is 2. The van der Waals surface area contributed by atoms with E-state index in [1.807, 2.05) is 0 Å². The highest BCUT2D eigenvalue weighted by atomic mass is 31.2. The average Bonchev–Trinajstić information content (AvgIpc) is 3.22. The summed E-state index contributed by atoms with van der Waals surface area (Å²) in [7, 11) is -4.77. The first-order valence-electron chi connectivity index (χ1n) is 23.5. The van der Waals surface area contributed by atoms with E-state index in [0.29, 0.717) is 12.8 Å². The monoisotopic (exact) mass is 857 g/mol. The normalized spacial score (nSPS) is 13.3. The van der Waals surface area contributed by atoms with E-state index in [1.54, 1.807) is 0 Å². The van der Waals surface area contributed by atoms with Crippen molar-refractivity contribution in [1.29, 1.82) is 0 Å². The van der Waals surface area contributed by atoms with Crippen molar-refractivity contribution in [3.05, 3.63) is 97.2 Å². The number of hydrogen-bond donors (Lipinski definition) is 2. The molecule has 60 heavy (non-hydrogen) atoms. The fraction of sp³-hybridized carbons (Fsp3) is 0.647. The van der Waals surface area contributed by atoms with Gasteiger partial charge in [-0.15, -0.1) is 0 Å². The minimum Gasteiger partial charge on any atom is -0.462 e. The molecule has 2 N–H and O–H groups in total. The van der Waals surface area contributed by atoms with Crippen molar-refractivity contribution in [2.24, 2.45) is 0 Å². The second-order valence-corrected chi connectivity index (χ2v) is 16.6. The van der Waals surface area contributed by atoms with E-state index < -0.39 is 32.5 Å². The summed E-state index contributed by atoms with van der Waals surface area (Å²) in [6, 6.07) is 0. The summed E-state index contributed by atoms with van der Waals surface area (Å²) in [6.45, 7) is 3.45. The molecule has 9 heteroatoms. The first-order valence-corrected chi connectivity index (χ1v) is 25.1. The molecule has 8 nitrogen and oxygen atoms in total. The molecule has 0 fully saturated rings. The Labute approximate surface area is 366 Å². The van der Waals surface area contributed by atoms with Crippen LogP contribution in [0.5, 0.6) is 0 Å². The fourth-order valence-electron chi connectivity index (χ4n) is 6.18. The number of esters is 2. The largest absolute Gasteiger partial charge is 0.469 e. The van der Waals surface area contributed by atoms with Gasteiger partial charge in [0.15, 0.2) is 6.10 Å². The van der Waals surface area contributed by atoms with Gasteiger partial charge in [-0.2, -0.15) is 0 Å². The van der Waals surface area contributed by atoms with Crippen molar-refractivity contribution in [2.45, 2.75) is 200 Å². The average molecular weight is 857 g/mol. The van der Waals surface area contributed by atoms with E-state index >= 15 is 0 Å². The predicted octanol–water partition coefficient (Wildman–Crippen LogP) is 15.0. The van der Waals surface area contributed by atoms with Gasteiger partial charge in [0.1, 0.15) is 6.61 Å². The predicted molar refractivity (Wildman–Crippen MR) is 253 cm³/mol. The molecule has 0 aliphatic heterocycles. The maximum absolute atomic E-state index is 12.5. The first kappa shape index (κ1) is 57.0. The summed E-state index contributed by atoms with van der Waals surface area (Å²) < 4.78 is 26.5. The number of phosphoric ester groups is 1. The van der Waals surface area contributed by atoms with Gasteiger partial charge in [-0.25, -0.2) is 4.57 Å². The zero-order valence-corrected chi connectivity index (χ0v) is 38.7. The summed E-state index contributed by atoms with van der Waals surface area (Å²) in [5, 5.41) is 0. The highest BCUT2D eigenvalue weighted by molar-refractivity contribution is 7.46. The number of carbonyl (C=O) groups excluding carboxylic acids is 2. The standard InChI is InChI=1S/C51H85O8P/c1-3-5-7-9-11-13-15-17-19-21-23-25-27-29-31-33-35-37-39-41-43-45-50(52)57-47-49(48-58-60(54,55)56)59-51(53)46-44-42-40-38-36-34-32-30-28-26-24-22-20-18-16-14-12-10-8-6-4-2/h5-8,11-14,17-20,23-26,49H,3-4,9-10,15-16,21-22,27-48H2,1-2H3,(H2,54,55,56)/b7-5-,8-6-,13-11-,14-12-,19-17-,20-18-,25-23-,26-24-. The van der Waals surface area contributed by atoms with Crippen LogP contribution < -0.4 is 0 Å². The van der Waals surface area contributed by atoms with Crippen LogP contribution in [0.2, 0.25) is 0 Å². The molecule has 0 aromatic rings. The summed E-state index contributed by atoms with van der Waals surface area (Å²) >= 11 is 0. The number of unbranched alkanes of at least 4 members (excludes halogenated alkanes) is 16. The van der Waals surface area contributed by atoms with E-state index in [-0.39, 0.29) is 19.4 Å². The Morgan fingerprint density at radius 3 is 1.12 bits per heavy atom. The van der Waals surface area contributed by atoms with Crippen LogP contribution >= 0.6 is 7.82 Å². The fourth-order valence-corrected chi connectivity index (χ4v) is 6.54. The first-order chi connectivity index (χ1) is 29.3. The zero-order valence-electron chi connectivity index (χ0n) is 37.8. The minimum atomic E-state index is -4.77. The molecule has 0 aliphatic carbocycles. The van der Waals surface area contributed by atoms with Gasteiger partial charge in [-0.1, -0.05) is 188 Å². The van der Waals surface area contributed by atoms with Crippen LogP contribution in [-0.4, -0.2) is 41.0 Å². The van der Waals surface area contributed by atoms with Crippen molar-refractivity contribution in [1.82, 2.24) is 0 Å². The Morgan fingerprint density at radius 2 is 0.750 bits per heavy atom. The van der Waals surface area contributed by atoms with Gasteiger partial charge in [-0.05, 0) is 89.9 Å². The summed E-state index contributed by atoms with van der Waals surface area (Å²) in [6.07, 6.45) is 62.7. The quantitative estimate of drug-likeness (QED) is 0.0270. The van der Waals surface area contributed by atoms with E-state index in [2.05, 4.69) is 116 Å². The van der Waals surface area contributed by atoms with Crippen LogP contribution in [0.1, 0.15) is 194 Å². The van der Waals surface area contributed by atoms with Crippen LogP contribution in [-0.2, 0) is 28.2 Å². The molecule has 0 aromatic heterocycles. The Bertz CT molecular complexity index is 1290. The second-order valence-electron chi connectivity index (χ2n) is 15.3. The van der Waals surface area contributed by atoms with Gasteiger partial charge < -0.3 is 19.3 Å². The topological polar surface area (TPSA) is 119 Å². The molecule has 0 rings (SSSR count). The van der Waals surface area contributed by atoms with Crippen molar-refractivity contribution in [3.8, 4) is 0 Å². The lowest BCUT2D eigenvalue weighted by atomic mass is 10.1. The lowest BCUT2D eigenvalue weighted by Gasteiger charge is -2.18. The molecule has 0 aromatic carbocycles. The van der Waals surface area contributed by atoms with Gasteiger partial charge in [-0.3, -0.25) is 14.1 Å². The number of hydrogen-bond acceptors (Lipinski definition) is 6. The molecule has 0 saturated carbocycles. The van der Waals surface area contributed by atoms with E-state index in [4.69, 9.17) is 19.3 Å². The Balaban J connectivity index is 3.92. The molecule has 0 saturated heterocycles. The van der Waals surface area contributed by atoms with Crippen LogP contribution in [0.25, 0.3) is 0 Å². The third-order valence-electron chi connectivity index (χ3n) is 9.60. The van der Waals surface area contributed by atoms with E-state index in [9.17, 15) is 14.2 Å². The number of ether oxygens (including phenoxy) is 2. The summed E-state index contributed by atoms with van der Waals surface area (Å²) in [4.78, 5) is 43.0. The summed E-state index contributed by atoms with van der Waals surface area (Å²) in [5.41, 5.74) is 0. The maximum Gasteiger partial charge on any atom is 0.469 e. The highest BCUT2D eigenvalue weighted by Gasteiger charge is 2.22. The van der Waals surface area contributed by atoms with Crippen molar-refractivity contribution in [2.75, 3.05) is 13.2 Å². The van der Waals surface area contributed by atoms with Crippen molar-refractivity contribution >= 4 is 19.8 Å².